The van der Waals surface area contributed by atoms with Crippen LogP contribution < -0.4 is 5.32 Å². The van der Waals surface area contributed by atoms with Gasteiger partial charge in [-0.1, -0.05) is 6.08 Å². The molecule has 88 valence electrons. The van der Waals surface area contributed by atoms with Gasteiger partial charge in [-0.2, -0.15) is 5.26 Å². The minimum Gasteiger partial charge on any atom is -0.351 e. The third-order valence-corrected chi connectivity index (χ3v) is 2.99. The van der Waals surface area contributed by atoms with Crippen LogP contribution in [0.15, 0.2) is 12.7 Å². The number of carbonyl (C=O) groups is 1. The van der Waals surface area contributed by atoms with Crippen molar-refractivity contribution in [3.05, 3.63) is 12.7 Å². The molecule has 16 heavy (non-hydrogen) atoms. The average molecular weight is 221 g/mol. The van der Waals surface area contributed by atoms with E-state index in [2.05, 4.69) is 18.0 Å². The van der Waals surface area contributed by atoms with E-state index >= 15 is 0 Å². The molecular weight excluding hydrogens is 202 g/mol. The quantitative estimate of drug-likeness (QED) is 0.722. The molecule has 1 fully saturated rings. The molecule has 4 nitrogen and oxygen atoms in total. The molecule has 1 rings (SSSR count). The Hall–Kier alpha value is -1.34. The number of nitrogens with zero attached hydrogens (tertiary/aromatic N) is 2. The smallest absolute Gasteiger partial charge is 0.237 e. The number of hydrogen-bond acceptors (Lipinski definition) is 3. The summed E-state index contributed by atoms with van der Waals surface area (Å²) in [6.45, 7) is 6.72. The van der Waals surface area contributed by atoms with Gasteiger partial charge >= 0.3 is 0 Å². The van der Waals surface area contributed by atoms with E-state index in [1.165, 1.54) is 0 Å². The van der Waals surface area contributed by atoms with Gasteiger partial charge in [-0.25, -0.2) is 0 Å². The second-order valence-corrected chi connectivity index (χ2v) is 4.09. The van der Waals surface area contributed by atoms with Crippen LogP contribution in [0.2, 0.25) is 0 Å². The molecule has 0 aliphatic carbocycles. The van der Waals surface area contributed by atoms with E-state index in [0.717, 1.165) is 25.8 Å². The average Bonchev–Trinajstić information content (AvgIpc) is 2.34. The predicted molar refractivity (Wildman–Crippen MR) is 62.6 cm³/mol. The lowest BCUT2D eigenvalue weighted by molar-refractivity contribution is -0.126. The second-order valence-electron chi connectivity index (χ2n) is 4.09. The minimum absolute atomic E-state index is 0.0259. The second kappa shape index (κ2) is 6.29. The monoisotopic (exact) mass is 221 g/mol. The van der Waals surface area contributed by atoms with Gasteiger partial charge in [0.05, 0.1) is 18.2 Å². The van der Waals surface area contributed by atoms with Crippen molar-refractivity contribution in [1.82, 2.24) is 10.2 Å². The Labute approximate surface area is 96.9 Å². The number of likely N-dealkylation sites (tertiary alicyclic amines) is 1. The van der Waals surface area contributed by atoms with Crippen LogP contribution in [0, 0.1) is 11.3 Å². The van der Waals surface area contributed by atoms with E-state index in [4.69, 9.17) is 5.26 Å². The van der Waals surface area contributed by atoms with Crippen molar-refractivity contribution < 1.29 is 4.79 Å². The van der Waals surface area contributed by atoms with Crippen molar-refractivity contribution in [2.45, 2.75) is 38.3 Å². The first-order valence-corrected chi connectivity index (χ1v) is 5.74. The topological polar surface area (TPSA) is 56.1 Å². The molecule has 1 aliphatic rings. The first kappa shape index (κ1) is 12.7. The zero-order valence-corrected chi connectivity index (χ0v) is 9.78. The van der Waals surface area contributed by atoms with Gasteiger partial charge < -0.3 is 5.32 Å². The lowest BCUT2D eigenvalue weighted by Gasteiger charge is -2.35. The number of rotatable bonds is 4. The fourth-order valence-corrected chi connectivity index (χ4v) is 2.03. The summed E-state index contributed by atoms with van der Waals surface area (Å²) in [4.78, 5) is 13.7. The van der Waals surface area contributed by atoms with Gasteiger partial charge in [0.25, 0.3) is 0 Å². The summed E-state index contributed by atoms with van der Waals surface area (Å²) in [5.41, 5.74) is 0. The van der Waals surface area contributed by atoms with E-state index in [0.29, 0.717) is 6.54 Å². The summed E-state index contributed by atoms with van der Waals surface area (Å²) in [6.07, 6.45) is 4.67. The molecule has 0 aromatic rings. The van der Waals surface area contributed by atoms with Gasteiger partial charge in [0.2, 0.25) is 5.91 Å². The Morgan fingerprint density at radius 2 is 2.50 bits per heavy atom. The van der Waals surface area contributed by atoms with Gasteiger partial charge in [-0.15, -0.1) is 6.58 Å². The Bertz CT molecular complexity index is 295. The number of hydrogen-bond donors (Lipinski definition) is 1. The normalized spacial score (nSPS) is 23.1. The maximum atomic E-state index is 11.8. The Morgan fingerprint density at radius 1 is 1.75 bits per heavy atom. The number of nitrogens with one attached hydrogen (secondary N) is 1. The molecule has 1 saturated heterocycles. The van der Waals surface area contributed by atoms with E-state index in [1.54, 1.807) is 6.08 Å². The molecule has 0 bridgehead atoms. The summed E-state index contributed by atoms with van der Waals surface area (Å²) in [5, 5.41) is 11.8. The standard InChI is InChI=1S/C12H19N3O/c1-3-7-14-12(16)10(2)15-8-5-4-6-11(15)9-13/h3,10-11H,1,4-8H2,2H3,(H,14,16). The Kier molecular flexibility index (Phi) is 5.00. The minimum atomic E-state index is -0.232. The van der Waals surface area contributed by atoms with Gasteiger partial charge in [0.1, 0.15) is 0 Å². The lowest BCUT2D eigenvalue weighted by atomic mass is 10.0. The molecule has 0 radical (unpaired) electrons. The summed E-state index contributed by atoms with van der Waals surface area (Å²) in [6, 6.07) is 1.93. The highest BCUT2D eigenvalue weighted by Gasteiger charge is 2.29. The lowest BCUT2D eigenvalue weighted by Crippen LogP contribution is -2.51. The third kappa shape index (κ3) is 3.07. The van der Waals surface area contributed by atoms with Crippen molar-refractivity contribution >= 4 is 5.91 Å². The van der Waals surface area contributed by atoms with E-state index in [9.17, 15) is 4.79 Å². The molecule has 1 amide bonds. The summed E-state index contributed by atoms with van der Waals surface area (Å²) in [7, 11) is 0. The van der Waals surface area contributed by atoms with Crippen molar-refractivity contribution in [3.63, 3.8) is 0 Å². The van der Waals surface area contributed by atoms with Gasteiger partial charge in [-0.3, -0.25) is 9.69 Å². The van der Waals surface area contributed by atoms with Crippen LogP contribution in [-0.2, 0) is 4.79 Å². The number of nitriles is 1. The van der Waals surface area contributed by atoms with E-state index in [1.807, 2.05) is 11.8 Å². The largest absolute Gasteiger partial charge is 0.351 e. The maximum Gasteiger partial charge on any atom is 0.237 e. The van der Waals surface area contributed by atoms with Gasteiger partial charge in [0, 0.05) is 13.1 Å². The molecule has 4 heteroatoms. The molecule has 2 unspecified atom stereocenters. The SMILES string of the molecule is C=CCNC(=O)C(C)N1CCCCC1C#N. The fourth-order valence-electron chi connectivity index (χ4n) is 2.03. The zero-order valence-electron chi connectivity index (χ0n) is 9.78. The zero-order chi connectivity index (χ0) is 12.0. The predicted octanol–water partition coefficient (Wildman–Crippen LogP) is 1.06. The highest BCUT2D eigenvalue weighted by molar-refractivity contribution is 5.81. The molecule has 2 atom stereocenters. The van der Waals surface area contributed by atoms with E-state index in [-0.39, 0.29) is 18.0 Å². The number of carbonyl (C=O) groups excluding carboxylic acids is 1. The van der Waals surface area contributed by atoms with Crippen molar-refractivity contribution in [1.29, 1.82) is 5.26 Å². The van der Waals surface area contributed by atoms with Gasteiger partial charge in [0.15, 0.2) is 0 Å². The molecular formula is C12H19N3O. The van der Waals surface area contributed by atoms with Crippen LogP contribution in [0.1, 0.15) is 26.2 Å². The Balaban J connectivity index is 2.56. The molecule has 1 N–H and O–H groups in total. The summed E-state index contributed by atoms with van der Waals surface area (Å²) in [5.74, 6) is -0.0259. The first-order chi connectivity index (χ1) is 7.70. The molecule has 1 aliphatic heterocycles. The number of amides is 1. The highest BCUT2D eigenvalue weighted by Crippen LogP contribution is 2.18. The maximum absolute atomic E-state index is 11.8. The van der Waals surface area contributed by atoms with Crippen LogP contribution in [0.25, 0.3) is 0 Å². The third-order valence-electron chi connectivity index (χ3n) is 2.99. The number of piperidine rings is 1. The van der Waals surface area contributed by atoms with Crippen LogP contribution in [0.5, 0.6) is 0 Å². The first-order valence-electron chi connectivity index (χ1n) is 5.74. The molecule has 0 saturated carbocycles. The molecule has 1 heterocycles. The summed E-state index contributed by atoms with van der Waals surface area (Å²) >= 11 is 0. The van der Waals surface area contributed by atoms with Crippen LogP contribution in [0.4, 0.5) is 0 Å². The van der Waals surface area contributed by atoms with E-state index < -0.39 is 0 Å². The van der Waals surface area contributed by atoms with Crippen LogP contribution in [0.3, 0.4) is 0 Å². The fraction of sp³-hybridized carbons (Fsp3) is 0.667. The van der Waals surface area contributed by atoms with Crippen molar-refractivity contribution in [3.8, 4) is 6.07 Å². The van der Waals surface area contributed by atoms with Crippen molar-refractivity contribution in [2.75, 3.05) is 13.1 Å². The van der Waals surface area contributed by atoms with Crippen molar-refractivity contribution in [2.24, 2.45) is 0 Å². The molecule has 0 aromatic carbocycles. The van der Waals surface area contributed by atoms with Crippen LogP contribution in [-0.4, -0.2) is 36.0 Å². The van der Waals surface area contributed by atoms with Gasteiger partial charge in [-0.05, 0) is 26.2 Å². The highest BCUT2D eigenvalue weighted by atomic mass is 16.2. The Morgan fingerprint density at radius 3 is 3.12 bits per heavy atom. The molecule has 0 spiro atoms. The summed E-state index contributed by atoms with van der Waals surface area (Å²) < 4.78 is 0. The van der Waals surface area contributed by atoms with Crippen LogP contribution >= 0.6 is 0 Å². The molecule has 0 aromatic heterocycles.